The van der Waals surface area contributed by atoms with Crippen molar-refractivity contribution in [3.63, 3.8) is 0 Å². The molecule has 4 rings (SSSR count). The molecule has 1 aliphatic heterocycles. The van der Waals surface area contributed by atoms with E-state index in [1.54, 1.807) is 19.2 Å². The van der Waals surface area contributed by atoms with Crippen molar-refractivity contribution < 1.29 is 14.3 Å². The summed E-state index contributed by atoms with van der Waals surface area (Å²) in [5.41, 5.74) is 4.15. The van der Waals surface area contributed by atoms with E-state index >= 15 is 0 Å². The average molecular weight is 464 g/mol. The summed E-state index contributed by atoms with van der Waals surface area (Å²) in [6.07, 6.45) is 6.85. The lowest BCUT2D eigenvalue weighted by molar-refractivity contribution is -0.135. The summed E-state index contributed by atoms with van der Waals surface area (Å²) in [4.78, 5) is 16.0. The Bertz CT molecular complexity index is 1010. The van der Waals surface area contributed by atoms with Crippen molar-refractivity contribution >= 4 is 11.6 Å². The number of likely N-dealkylation sites (N-methyl/N-ethyl adjacent to an activating group) is 1. The number of hydrazone groups is 1. The molecule has 182 valence electrons. The number of rotatable bonds is 8. The van der Waals surface area contributed by atoms with Gasteiger partial charge in [0.05, 0.1) is 32.5 Å². The maximum atomic E-state index is 13.6. The van der Waals surface area contributed by atoms with Gasteiger partial charge < -0.3 is 9.47 Å². The minimum atomic E-state index is -0.110. The average Bonchev–Trinajstić information content (AvgIpc) is 3.33. The number of hydrogen-bond acceptors (Lipinski definition) is 5. The van der Waals surface area contributed by atoms with Gasteiger partial charge in [-0.25, -0.2) is 5.01 Å². The maximum Gasteiger partial charge on any atom is 0.257 e. The Kier molecular flexibility index (Phi) is 7.88. The zero-order chi connectivity index (χ0) is 24.1. The van der Waals surface area contributed by atoms with Crippen LogP contribution in [-0.2, 0) is 4.79 Å². The molecule has 1 heterocycles. The van der Waals surface area contributed by atoms with E-state index in [-0.39, 0.29) is 11.9 Å². The highest BCUT2D eigenvalue weighted by Crippen LogP contribution is 2.36. The summed E-state index contributed by atoms with van der Waals surface area (Å²) in [6, 6.07) is 14.7. The first-order chi connectivity index (χ1) is 16.5. The van der Waals surface area contributed by atoms with Gasteiger partial charge in [0.25, 0.3) is 5.91 Å². The fourth-order valence-corrected chi connectivity index (χ4v) is 5.17. The first kappa shape index (κ1) is 24.3. The van der Waals surface area contributed by atoms with E-state index in [4.69, 9.17) is 14.6 Å². The van der Waals surface area contributed by atoms with Crippen molar-refractivity contribution in [1.82, 2.24) is 9.91 Å². The van der Waals surface area contributed by atoms with Crippen LogP contribution in [0.2, 0.25) is 0 Å². The molecule has 0 N–H and O–H groups in total. The van der Waals surface area contributed by atoms with Gasteiger partial charge in [0.1, 0.15) is 0 Å². The van der Waals surface area contributed by atoms with Crippen LogP contribution in [0.5, 0.6) is 11.5 Å². The Labute approximate surface area is 203 Å². The Morgan fingerprint density at radius 3 is 2.38 bits per heavy atom. The maximum absolute atomic E-state index is 13.6. The Morgan fingerprint density at radius 1 is 1.03 bits per heavy atom. The number of aryl methyl sites for hydroxylation is 1. The largest absolute Gasteiger partial charge is 0.493 e. The second-order valence-corrected chi connectivity index (χ2v) is 9.34. The molecule has 1 saturated carbocycles. The van der Waals surface area contributed by atoms with Crippen molar-refractivity contribution in [2.24, 2.45) is 5.10 Å². The van der Waals surface area contributed by atoms with Crippen LogP contribution in [-0.4, -0.2) is 54.9 Å². The minimum Gasteiger partial charge on any atom is -0.493 e. The lowest BCUT2D eigenvalue weighted by Gasteiger charge is -2.34. The van der Waals surface area contributed by atoms with Crippen molar-refractivity contribution in [2.75, 3.05) is 27.3 Å². The minimum absolute atomic E-state index is 0.0634. The Hall–Kier alpha value is -2.86. The second-order valence-electron chi connectivity index (χ2n) is 9.34. The smallest absolute Gasteiger partial charge is 0.257 e. The highest BCUT2D eigenvalue weighted by Gasteiger charge is 2.34. The predicted octanol–water partition coefficient (Wildman–Crippen LogP) is 5.34. The molecule has 1 fully saturated rings. The third kappa shape index (κ3) is 5.27. The molecule has 2 aliphatic rings. The van der Waals surface area contributed by atoms with Gasteiger partial charge in [-0.1, -0.05) is 56.0 Å². The molecule has 6 nitrogen and oxygen atoms in total. The molecular weight excluding hydrogens is 426 g/mol. The number of methoxy groups -OCH3 is 2. The van der Waals surface area contributed by atoms with E-state index in [1.807, 2.05) is 18.2 Å². The third-order valence-corrected chi connectivity index (χ3v) is 7.18. The van der Waals surface area contributed by atoms with Gasteiger partial charge in [0.15, 0.2) is 11.5 Å². The molecule has 1 unspecified atom stereocenters. The third-order valence-electron chi connectivity index (χ3n) is 7.18. The van der Waals surface area contributed by atoms with E-state index in [0.717, 1.165) is 23.4 Å². The predicted molar refractivity (Wildman–Crippen MR) is 136 cm³/mol. The highest BCUT2D eigenvalue weighted by molar-refractivity contribution is 6.03. The molecule has 1 aliphatic carbocycles. The van der Waals surface area contributed by atoms with Gasteiger partial charge in [-0.3, -0.25) is 9.69 Å². The van der Waals surface area contributed by atoms with E-state index < -0.39 is 0 Å². The molecule has 6 heteroatoms. The number of nitrogens with zero attached hydrogens (tertiary/aromatic N) is 3. The quantitative estimate of drug-likeness (QED) is 0.530. The van der Waals surface area contributed by atoms with E-state index in [1.165, 1.54) is 37.7 Å². The van der Waals surface area contributed by atoms with Crippen LogP contribution in [0.3, 0.4) is 0 Å². The summed E-state index contributed by atoms with van der Waals surface area (Å²) < 4.78 is 10.9. The topological polar surface area (TPSA) is 54.4 Å². The van der Waals surface area contributed by atoms with Gasteiger partial charge >= 0.3 is 0 Å². The summed E-state index contributed by atoms with van der Waals surface area (Å²) in [5, 5.41) is 6.60. The normalized spacial score (nSPS) is 18.8. The molecule has 2 aromatic rings. The summed E-state index contributed by atoms with van der Waals surface area (Å²) >= 11 is 0. The Balaban J connectivity index is 1.62. The second kappa shape index (κ2) is 11.0. The molecule has 0 spiro atoms. The van der Waals surface area contributed by atoms with Crippen LogP contribution in [0.25, 0.3) is 0 Å². The molecule has 0 radical (unpaired) electrons. The van der Waals surface area contributed by atoms with Gasteiger partial charge in [0.2, 0.25) is 0 Å². The zero-order valence-electron chi connectivity index (χ0n) is 20.9. The van der Waals surface area contributed by atoms with Crippen LogP contribution in [0.4, 0.5) is 0 Å². The summed E-state index contributed by atoms with van der Waals surface area (Å²) in [5.74, 6) is 1.40. The fraction of sp³-hybridized carbons (Fsp3) is 0.500. The van der Waals surface area contributed by atoms with Gasteiger partial charge in [-0.05, 0) is 50.1 Å². The van der Waals surface area contributed by atoms with Gasteiger partial charge in [-0.15, -0.1) is 0 Å². The SMILES string of the molecule is CCN(CC(=O)N1N=C(c2ccc(OC)c(OC)c2)CC1c1ccc(C)cc1)C1CCCCC1. The van der Waals surface area contributed by atoms with Gasteiger partial charge in [0, 0.05) is 18.0 Å². The molecule has 0 bridgehead atoms. The van der Waals surface area contributed by atoms with Crippen molar-refractivity contribution in [3.05, 3.63) is 59.2 Å². The van der Waals surface area contributed by atoms with Crippen LogP contribution >= 0.6 is 0 Å². The number of ether oxygens (including phenoxy) is 2. The van der Waals surface area contributed by atoms with Crippen molar-refractivity contribution in [3.8, 4) is 11.5 Å². The zero-order valence-corrected chi connectivity index (χ0v) is 20.9. The number of carbonyl (C=O) groups excluding carboxylic acids is 1. The van der Waals surface area contributed by atoms with E-state index in [9.17, 15) is 4.79 Å². The monoisotopic (exact) mass is 463 g/mol. The lowest BCUT2D eigenvalue weighted by atomic mass is 9.94. The summed E-state index contributed by atoms with van der Waals surface area (Å²) in [7, 11) is 3.26. The van der Waals surface area contributed by atoms with Crippen LogP contribution in [0.15, 0.2) is 47.6 Å². The fourth-order valence-electron chi connectivity index (χ4n) is 5.17. The number of amides is 1. The van der Waals surface area contributed by atoms with Crippen LogP contribution in [0, 0.1) is 6.92 Å². The van der Waals surface area contributed by atoms with E-state index in [0.29, 0.717) is 30.5 Å². The lowest BCUT2D eigenvalue weighted by Crippen LogP contribution is -2.44. The Morgan fingerprint density at radius 2 is 1.74 bits per heavy atom. The first-order valence-corrected chi connectivity index (χ1v) is 12.5. The first-order valence-electron chi connectivity index (χ1n) is 12.5. The molecular formula is C28H37N3O3. The van der Waals surface area contributed by atoms with Crippen LogP contribution in [0.1, 0.15) is 68.2 Å². The highest BCUT2D eigenvalue weighted by atomic mass is 16.5. The van der Waals surface area contributed by atoms with Crippen molar-refractivity contribution in [1.29, 1.82) is 0 Å². The molecule has 1 amide bonds. The van der Waals surface area contributed by atoms with E-state index in [2.05, 4.69) is 43.0 Å². The standard InChI is InChI=1S/C28H37N3O3/c1-5-30(23-9-7-6-8-10-23)19-28(32)31-25(21-13-11-20(2)12-14-21)18-24(29-31)22-15-16-26(33-3)27(17-22)34-4/h11-17,23,25H,5-10,18-19H2,1-4H3. The molecule has 1 atom stereocenters. The van der Waals surface area contributed by atoms with Gasteiger partial charge in [-0.2, -0.15) is 5.10 Å². The number of carbonyl (C=O) groups is 1. The summed E-state index contributed by atoms with van der Waals surface area (Å²) in [6.45, 7) is 5.52. The molecule has 34 heavy (non-hydrogen) atoms. The van der Waals surface area contributed by atoms with Crippen LogP contribution < -0.4 is 9.47 Å². The number of benzene rings is 2. The number of hydrogen-bond donors (Lipinski definition) is 0. The van der Waals surface area contributed by atoms with Crippen molar-refractivity contribution in [2.45, 2.75) is 64.5 Å². The molecule has 0 aromatic heterocycles. The molecule has 2 aromatic carbocycles. The molecule has 0 saturated heterocycles.